The highest BCUT2D eigenvalue weighted by atomic mass is 79.9. The van der Waals surface area contributed by atoms with Gasteiger partial charge in [0.25, 0.3) is 5.56 Å². The Bertz CT molecular complexity index is 945. The molecule has 2 atom stereocenters. The van der Waals surface area contributed by atoms with Gasteiger partial charge in [0.1, 0.15) is 5.01 Å². The number of nitrogens with one attached hydrogen (secondary N) is 1. The monoisotopic (exact) mass is 478 g/mol. The highest BCUT2D eigenvalue weighted by Crippen LogP contribution is 2.29. The molecule has 0 aliphatic heterocycles. The van der Waals surface area contributed by atoms with Gasteiger partial charge in [0.05, 0.1) is 16.4 Å². The number of benzene rings is 2. The van der Waals surface area contributed by atoms with Crippen molar-refractivity contribution in [3.05, 3.63) is 104 Å². The van der Waals surface area contributed by atoms with E-state index in [0.29, 0.717) is 0 Å². The average Bonchev–Trinajstić information content (AvgIpc) is 2.65. The lowest BCUT2D eigenvalue weighted by atomic mass is 9.98. The van der Waals surface area contributed by atoms with Crippen LogP contribution in [0.1, 0.15) is 27.6 Å². The summed E-state index contributed by atoms with van der Waals surface area (Å²) in [4.78, 5) is 26.5. The van der Waals surface area contributed by atoms with Crippen molar-refractivity contribution in [3.8, 4) is 0 Å². The van der Waals surface area contributed by atoms with Gasteiger partial charge in [0.2, 0.25) is 0 Å². The lowest BCUT2D eigenvalue weighted by molar-refractivity contribution is 0.268. The Balaban J connectivity index is 2.24. The van der Waals surface area contributed by atoms with Crippen molar-refractivity contribution in [2.45, 2.75) is 15.9 Å². The summed E-state index contributed by atoms with van der Waals surface area (Å²) in [5.74, 6) is 0. The van der Waals surface area contributed by atoms with Crippen molar-refractivity contribution in [1.82, 2.24) is 9.55 Å². The topological polar surface area (TPSA) is 75.1 Å². The quantitative estimate of drug-likeness (QED) is 0.551. The summed E-state index contributed by atoms with van der Waals surface area (Å²) >= 11 is 6.34. The minimum Gasteiger partial charge on any atom is -0.380 e. The molecule has 0 aliphatic carbocycles. The fraction of sp³-hybridized carbons (Fsp3) is 0.158. The van der Waals surface area contributed by atoms with Crippen molar-refractivity contribution >= 4 is 31.9 Å². The Morgan fingerprint density at radius 3 is 1.85 bits per heavy atom. The molecule has 0 aliphatic rings. The molecule has 0 amide bonds. The van der Waals surface area contributed by atoms with Gasteiger partial charge in [0, 0.05) is 6.20 Å². The van der Waals surface area contributed by atoms with Gasteiger partial charge in [-0.1, -0.05) is 92.5 Å². The molecule has 7 heteroatoms. The van der Waals surface area contributed by atoms with E-state index in [1.54, 1.807) is 0 Å². The molecule has 0 radical (unpaired) electrons. The number of H-pyrrole nitrogens is 1. The molecular weight excluding hydrogens is 464 g/mol. The molecule has 0 bridgehead atoms. The Hall–Kier alpha value is -1.96. The summed E-state index contributed by atoms with van der Waals surface area (Å²) in [6.45, 7) is 0. The summed E-state index contributed by atoms with van der Waals surface area (Å²) in [5.41, 5.74) is 1.02. The van der Waals surface area contributed by atoms with Crippen LogP contribution in [-0.2, 0) is 0 Å². The lowest BCUT2D eigenvalue weighted by Crippen LogP contribution is -2.35. The van der Waals surface area contributed by atoms with E-state index in [1.807, 2.05) is 60.7 Å². The van der Waals surface area contributed by atoms with Crippen molar-refractivity contribution in [3.63, 3.8) is 0 Å². The first-order valence-electron chi connectivity index (χ1n) is 7.90. The third-order valence-electron chi connectivity index (χ3n) is 4.04. The molecule has 3 aromatic rings. The number of aromatic amines is 1. The molecule has 0 saturated carbocycles. The fourth-order valence-electron chi connectivity index (χ4n) is 2.82. The first-order valence-corrected chi connectivity index (χ1v) is 9.73. The van der Waals surface area contributed by atoms with Crippen LogP contribution in [0.2, 0.25) is 0 Å². The second kappa shape index (κ2) is 8.16. The van der Waals surface area contributed by atoms with Gasteiger partial charge in [-0.3, -0.25) is 14.3 Å². The number of hydrogen-bond donors (Lipinski definition) is 2. The highest BCUT2D eigenvalue weighted by molar-refractivity contribution is 9.12. The average molecular weight is 480 g/mol. The Kier molecular flexibility index (Phi) is 5.90. The van der Waals surface area contributed by atoms with Gasteiger partial charge in [-0.05, 0) is 11.1 Å². The lowest BCUT2D eigenvalue weighted by Gasteiger charge is -2.22. The van der Waals surface area contributed by atoms with Gasteiger partial charge in [0.15, 0.2) is 0 Å². The summed E-state index contributed by atoms with van der Waals surface area (Å²) in [7, 11) is 0. The van der Waals surface area contributed by atoms with Crippen LogP contribution in [0.3, 0.4) is 0 Å². The normalized spacial score (nSPS) is 13.5. The van der Waals surface area contributed by atoms with E-state index in [-0.39, 0.29) is 5.56 Å². The number of nitrogens with zero attached hydrogens (tertiary/aromatic N) is 1. The number of aromatic nitrogens is 2. The van der Waals surface area contributed by atoms with E-state index in [9.17, 15) is 14.7 Å². The minimum absolute atomic E-state index is 0.255. The van der Waals surface area contributed by atoms with Crippen LogP contribution in [-0.4, -0.2) is 19.7 Å². The van der Waals surface area contributed by atoms with Gasteiger partial charge in [-0.2, -0.15) is 0 Å². The van der Waals surface area contributed by atoms with Crippen LogP contribution in [0, 0.1) is 0 Å². The molecule has 2 aromatic carbocycles. The van der Waals surface area contributed by atoms with E-state index in [1.165, 1.54) is 10.8 Å². The van der Waals surface area contributed by atoms with Gasteiger partial charge >= 0.3 is 5.69 Å². The number of aliphatic hydroxyl groups is 1. The molecule has 0 fully saturated rings. The summed E-state index contributed by atoms with van der Waals surface area (Å²) < 4.78 is 1.48. The van der Waals surface area contributed by atoms with Crippen LogP contribution in [0.4, 0.5) is 0 Å². The zero-order valence-corrected chi connectivity index (χ0v) is 16.7. The molecule has 3 rings (SSSR count). The SMILES string of the molecule is O=c1[nH]c(=O)n(C(c2ccccc2)c2ccccc2)cc1C(Br)C(O)Br. The fourth-order valence-corrected chi connectivity index (χ4v) is 3.43. The van der Waals surface area contributed by atoms with E-state index < -0.39 is 27.1 Å². The Morgan fingerprint density at radius 2 is 1.38 bits per heavy atom. The maximum absolute atomic E-state index is 12.6. The van der Waals surface area contributed by atoms with E-state index >= 15 is 0 Å². The van der Waals surface area contributed by atoms with Crippen molar-refractivity contribution < 1.29 is 5.11 Å². The van der Waals surface area contributed by atoms with Crippen LogP contribution in [0.15, 0.2) is 76.4 Å². The maximum atomic E-state index is 12.6. The number of alkyl halides is 2. The zero-order valence-electron chi connectivity index (χ0n) is 13.5. The molecule has 0 spiro atoms. The predicted octanol–water partition coefficient (Wildman–Crippen LogP) is 3.32. The number of aliphatic hydroxyl groups excluding tert-OH is 1. The van der Waals surface area contributed by atoms with Crippen molar-refractivity contribution in [1.29, 1.82) is 0 Å². The van der Waals surface area contributed by atoms with E-state index in [2.05, 4.69) is 36.8 Å². The van der Waals surface area contributed by atoms with Gasteiger partial charge in [-0.25, -0.2) is 4.79 Å². The smallest absolute Gasteiger partial charge is 0.329 e. The molecular formula is C19H16Br2N2O3. The minimum atomic E-state index is -0.971. The molecule has 1 aromatic heterocycles. The van der Waals surface area contributed by atoms with Crippen LogP contribution in [0.5, 0.6) is 0 Å². The second-order valence-electron chi connectivity index (χ2n) is 5.75. The number of rotatable bonds is 5. The van der Waals surface area contributed by atoms with Crippen LogP contribution >= 0.6 is 31.9 Å². The largest absolute Gasteiger partial charge is 0.380 e. The van der Waals surface area contributed by atoms with E-state index in [4.69, 9.17) is 0 Å². The van der Waals surface area contributed by atoms with Crippen molar-refractivity contribution in [2.24, 2.45) is 0 Å². The standard InChI is InChI=1S/C19H16Br2N2O3/c20-15(17(21)24)14-11-23(19(26)22-18(14)25)16(12-7-3-1-4-8-12)13-9-5-2-6-10-13/h1-11,15-17,24H,(H,22,25,26). The zero-order chi connectivity index (χ0) is 18.7. The van der Waals surface area contributed by atoms with Crippen LogP contribution < -0.4 is 11.2 Å². The van der Waals surface area contributed by atoms with Gasteiger partial charge in [-0.15, -0.1) is 0 Å². The predicted molar refractivity (Wildman–Crippen MR) is 108 cm³/mol. The highest BCUT2D eigenvalue weighted by Gasteiger charge is 2.23. The van der Waals surface area contributed by atoms with Crippen LogP contribution in [0.25, 0.3) is 0 Å². The summed E-state index contributed by atoms with van der Waals surface area (Å²) in [5, 5.41) is 8.79. The number of hydrogen-bond acceptors (Lipinski definition) is 3. The third kappa shape index (κ3) is 3.90. The molecule has 26 heavy (non-hydrogen) atoms. The first-order chi connectivity index (χ1) is 12.5. The summed E-state index contributed by atoms with van der Waals surface area (Å²) in [6, 6.07) is 18.7. The summed E-state index contributed by atoms with van der Waals surface area (Å²) in [6.07, 6.45) is 1.50. The van der Waals surface area contributed by atoms with Gasteiger partial charge < -0.3 is 5.11 Å². The molecule has 5 nitrogen and oxygen atoms in total. The second-order valence-corrected chi connectivity index (χ2v) is 7.67. The number of halogens is 2. The molecule has 2 unspecified atom stereocenters. The first kappa shape index (κ1) is 18.8. The molecule has 0 saturated heterocycles. The molecule has 134 valence electrons. The van der Waals surface area contributed by atoms with Crippen molar-refractivity contribution in [2.75, 3.05) is 0 Å². The van der Waals surface area contributed by atoms with E-state index in [0.717, 1.165) is 11.1 Å². The maximum Gasteiger partial charge on any atom is 0.329 e. The Labute approximate surface area is 166 Å². The third-order valence-corrected chi connectivity index (χ3v) is 6.27. The molecule has 2 N–H and O–H groups in total. The Morgan fingerprint density at radius 1 is 0.885 bits per heavy atom. The molecule has 1 heterocycles.